The van der Waals surface area contributed by atoms with Gasteiger partial charge >= 0.3 is 0 Å². The first kappa shape index (κ1) is 14.7. The molecule has 3 aromatic rings. The van der Waals surface area contributed by atoms with Crippen molar-refractivity contribution in [1.82, 2.24) is 10.1 Å². The maximum Gasteiger partial charge on any atom is 0.255 e. The fourth-order valence-electron chi connectivity index (χ4n) is 2.13. The molecule has 0 saturated carbocycles. The molecule has 4 heteroatoms. The second-order valence-corrected chi connectivity index (χ2v) is 5.85. The quantitative estimate of drug-likeness (QED) is 0.531. The zero-order valence-electron chi connectivity index (χ0n) is 12.5. The molecule has 0 saturated heterocycles. The Morgan fingerprint density at radius 1 is 0.955 bits per heavy atom. The molecule has 22 heavy (non-hydrogen) atoms. The third kappa shape index (κ3) is 3.71. The Morgan fingerprint density at radius 2 is 1.64 bits per heavy atom. The van der Waals surface area contributed by atoms with Gasteiger partial charge in [-0.05, 0) is 12.5 Å². The van der Waals surface area contributed by atoms with Crippen LogP contribution in [0.4, 0.5) is 0 Å². The summed E-state index contributed by atoms with van der Waals surface area (Å²) < 4.78 is 1.95. The molecule has 0 radical (unpaired) electrons. The number of thioether (sulfide) groups is 1. The molecular formula is C18H18N3S+. The predicted octanol–water partition coefficient (Wildman–Crippen LogP) is 3.74. The first-order valence-corrected chi connectivity index (χ1v) is 8.34. The maximum absolute atomic E-state index is 4.70. The van der Waals surface area contributed by atoms with Gasteiger partial charge in [0.15, 0.2) is 6.54 Å². The van der Waals surface area contributed by atoms with Gasteiger partial charge in [-0.2, -0.15) is 0 Å². The van der Waals surface area contributed by atoms with Gasteiger partial charge in [-0.1, -0.05) is 77.1 Å². The van der Waals surface area contributed by atoms with Crippen molar-refractivity contribution in [2.45, 2.75) is 24.4 Å². The molecule has 2 aromatic carbocycles. The molecule has 0 aliphatic carbocycles. The van der Waals surface area contributed by atoms with Gasteiger partial charge in [-0.25, -0.2) is 4.98 Å². The van der Waals surface area contributed by atoms with Gasteiger partial charge in [0.2, 0.25) is 6.20 Å². The van der Waals surface area contributed by atoms with Crippen LogP contribution in [0.5, 0.6) is 0 Å². The number of rotatable bonds is 5. The number of hydrogen-bond donors (Lipinski definition) is 0. The smallest absolute Gasteiger partial charge is 0.211 e. The fraction of sp³-hybridized carbons (Fsp3) is 0.167. The first-order valence-electron chi connectivity index (χ1n) is 7.36. The van der Waals surface area contributed by atoms with Gasteiger partial charge in [0, 0.05) is 16.4 Å². The number of nitrogens with zero attached hydrogens (tertiary/aromatic N) is 3. The number of aryl methyl sites for hydroxylation is 1. The molecule has 0 N–H and O–H groups in total. The van der Waals surface area contributed by atoms with Crippen molar-refractivity contribution in [3.8, 4) is 11.3 Å². The molecule has 0 bridgehead atoms. The second-order valence-electron chi connectivity index (χ2n) is 4.90. The molecule has 110 valence electrons. The molecule has 1 heterocycles. The van der Waals surface area contributed by atoms with Crippen molar-refractivity contribution in [3.05, 3.63) is 72.4 Å². The van der Waals surface area contributed by atoms with E-state index in [-0.39, 0.29) is 0 Å². The summed E-state index contributed by atoms with van der Waals surface area (Å²) in [5, 5.41) is 5.37. The van der Waals surface area contributed by atoms with Crippen molar-refractivity contribution in [1.29, 1.82) is 0 Å². The van der Waals surface area contributed by atoms with Crippen LogP contribution in [0.15, 0.2) is 72.0 Å². The Balaban J connectivity index is 1.85. The Morgan fingerprint density at radius 3 is 2.32 bits per heavy atom. The summed E-state index contributed by atoms with van der Waals surface area (Å²) in [4.78, 5) is 4.70. The van der Waals surface area contributed by atoms with Gasteiger partial charge in [0.05, 0.1) is 0 Å². The van der Waals surface area contributed by atoms with Crippen LogP contribution < -0.4 is 4.68 Å². The topological polar surface area (TPSA) is 29.7 Å². The van der Waals surface area contributed by atoms with Crippen LogP contribution in [0.2, 0.25) is 0 Å². The summed E-state index contributed by atoms with van der Waals surface area (Å²) in [6.07, 6.45) is 2.00. The van der Waals surface area contributed by atoms with E-state index < -0.39 is 0 Å². The average molecular weight is 308 g/mol. The summed E-state index contributed by atoms with van der Waals surface area (Å²) in [5.74, 6) is 0.878. The first-order chi connectivity index (χ1) is 10.8. The normalized spacial score (nSPS) is 10.6. The molecular weight excluding hydrogens is 290 g/mol. The number of hydrogen-bond acceptors (Lipinski definition) is 3. The Bertz CT molecular complexity index is 730. The Kier molecular flexibility index (Phi) is 4.81. The van der Waals surface area contributed by atoms with E-state index >= 15 is 0 Å². The van der Waals surface area contributed by atoms with Crippen LogP contribution in [-0.4, -0.2) is 10.1 Å². The van der Waals surface area contributed by atoms with Crippen LogP contribution in [0, 0.1) is 0 Å². The van der Waals surface area contributed by atoms with Gasteiger partial charge in [0.1, 0.15) is 5.69 Å². The van der Waals surface area contributed by atoms with Crippen molar-refractivity contribution < 1.29 is 4.68 Å². The van der Waals surface area contributed by atoms with Gasteiger partial charge in [-0.3, -0.25) is 0 Å². The fourth-order valence-corrected chi connectivity index (χ4v) is 2.94. The summed E-state index contributed by atoms with van der Waals surface area (Å²) in [6.45, 7) is 2.93. The van der Waals surface area contributed by atoms with Crippen molar-refractivity contribution >= 4 is 11.8 Å². The highest BCUT2D eigenvalue weighted by Crippen LogP contribution is 2.21. The zero-order valence-corrected chi connectivity index (χ0v) is 13.3. The van der Waals surface area contributed by atoms with Crippen molar-refractivity contribution in [2.24, 2.45) is 0 Å². The minimum atomic E-state index is 0.812. The van der Waals surface area contributed by atoms with E-state index in [0.717, 1.165) is 28.7 Å². The highest BCUT2D eigenvalue weighted by molar-refractivity contribution is 7.98. The van der Waals surface area contributed by atoms with Gasteiger partial charge < -0.3 is 0 Å². The molecule has 0 fully saturated rings. The van der Waals surface area contributed by atoms with Crippen molar-refractivity contribution in [3.63, 3.8) is 0 Å². The van der Waals surface area contributed by atoms with E-state index in [9.17, 15) is 0 Å². The molecule has 1 aromatic heterocycles. The van der Waals surface area contributed by atoms with Crippen LogP contribution in [0.25, 0.3) is 11.3 Å². The van der Waals surface area contributed by atoms with E-state index in [2.05, 4.69) is 48.4 Å². The molecule has 3 nitrogen and oxygen atoms in total. The third-order valence-corrected chi connectivity index (χ3v) is 4.21. The molecule has 0 atom stereocenters. The van der Waals surface area contributed by atoms with Crippen LogP contribution >= 0.6 is 11.8 Å². The lowest BCUT2D eigenvalue weighted by molar-refractivity contribution is -0.754. The SMILES string of the molecule is CC[n+]1cc(-c2ccccc2)nc(SCc2ccccc2)n1. The minimum absolute atomic E-state index is 0.812. The molecule has 0 spiro atoms. The molecule has 0 aliphatic heterocycles. The van der Waals surface area contributed by atoms with Gasteiger partial charge in [0.25, 0.3) is 5.16 Å². The zero-order chi connectivity index (χ0) is 15.2. The van der Waals surface area contributed by atoms with Crippen LogP contribution in [0.1, 0.15) is 12.5 Å². The largest absolute Gasteiger partial charge is 0.255 e. The lowest BCUT2D eigenvalue weighted by atomic mass is 10.2. The summed E-state index contributed by atoms with van der Waals surface area (Å²) in [7, 11) is 0. The average Bonchev–Trinajstić information content (AvgIpc) is 2.61. The summed E-state index contributed by atoms with van der Waals surface area (Å²) in [5.41, 5.74) is 3.37. The standard InChI is InChI=1S/C18H18N3S/c1-2-21-13-17(16-11-7-4-8-12-16)19-18(20-21)22-14-15-9-5-3-6-10-15/h3-13H,2,14H2,1H3/q+1. The van der Waals surface area contributed by atoms with Crippen LogP contribution in [0.3, 0.4) is 0 Å². The third-order valence-electron chi connectivity index (χ3n) is 3.31. The molecule has 0 amide bonds. The highest BCUT2D eigenvalue weighted by Gasteiger charge is 2.12. The minimum Gasteiger partial charge on any atom is -0.211 e. The van der Waals surface area contributed by atoms with Gasteiger partial charge in [-0.15, -0.1) is 0 Å². The van der Waals surface area contributed by atoms with E-state index in [4.69, 9.17) is 4.98 Å². The molecule has 3 rings (SSSR count). The maximum atomic E-state index is 4.70. The van der Waals surface area contributed by atoms with E-state index in [1.54, 1.807) is 11.8 Å². The van der Waals surface area contributed by atoms with E-state index in [1.165, 1.54) is 5.56 Å². The van der Waals surface area contributed by atoms with E-state index in [1.807, 2.05) is 35.1 Å². The lowest BCUT2D eigenvalue weighted by Gasteiger charge is -2.03. The van der Waals surface area contributed by atoms with E-state index in [0.29, 0.717) is 0 Å². The van der Waals surface area contributed by atoms with Crippen molar-refractivity contribution in [2.75, 3.05) is 0 Å². The number of benzene rings is 2. The van der Waals surface area contributed by atoms with Crippen LogP contribution in [-0.2, 0) is 12.3 Å². The molecule has 0 aliphatic rings. The second kappa shape index (κ2) is 7.18. The Hall–Kier alpha value is -2.20. The monoisotopic (exact) mass is 308 g/mol. The summed E-state index contributed by atoms with van der Waals surface area (Å²) in [6, 6.07) is 20.6. The molecule has 0 unspecified atom stereocenters. The highest BCUT2D eigenvalue weighted by atomic mass is 32.2. The lowest BCUT2D eigenvalue weighted by Crippen LogP contribution is -2.37. The Labute approximate surface area is 135 Å². The summed E-state index contributed by atoms with van der Waals surface area (Å²) >= 11 is 1.67. The number of aromatic nitrogens is 3. The predicted molar refractivity (Wildman–Crippen MR) is 89.3 cm³/mol.